The normalized spacial score (nSPS) is 16.8. The lowest BCUT2D eigenvalue weighted by Crippen LogP contribution is -2.38. The molecule has 1 unspecified atom stereocenters. The predicted molar refractivity (Wildman–Crippen MR) is 135 cm³/mol. The zero-order valence-electron chi connectivity index (χ0n) is 21.6. The molecule has 2 aliphatic rings. The van der Waals surface area contributed by atoms with E-state index in [1.807, 2.05) is 19.9 Å². The second-order valence-electron chi connectivity index (χ2n) is 9.16. The highest BCUT2D eigenvalue weighted by molar-refractivity contribution is 6.05. The molecule has 1 aromatic carbocycles. The van der Waals surface area contributed by atoms with Crippen LogP contribution in [0.2, 0.25) is 0 Å². The number of rotatable bonds is 11. The number of carboxylic acid groups (broad SMARTS) is 1. The third-order valence-electron chi connectivity index (χ3n) is 6.72. The molecule has 2 aliphatic heterocycles. The molecule has 198 valence electrons. The van der Waals surface area contributed by atoms with Gasteiger partial charge in [0.15, 0.2) is 0 Å². The van der Waals surface area contributed by atoms with Crippen molar-refractivity contribution in [3.05, 3.63) is 33.9 Å². The highest BCUT2D eigenvalue weighted by Gasteiger charge is 2.32. The lowest BCUT2D eigenvalue weighted by Gasteiger charge is -2.27. The van der Waals surface area contributed by atoms with Gasteiger partial charge in [-0.1, -0.05) is 11.6 Å². The molecule has 0 radical (unpaired) electrons. The first-order valence-electron chi connectivity index (χ1n) is 12.4. The van der Waals surface area contributed by atoms with Gasteiger partial charge in [-0.15, -0.1) is 0 Å². The van der Waals surface area contributed by atoms with E-state index in [-0.39, 0.29) is 6.61 Å². The standard InChI is InChI=1S/C26H37N3O7/c1-5-27-26(33)28-22-19(23(34-4)17(3)20-15-36-25(32)21(20)22)7-6-16(2)14-18(24(30)31)8-9-29-10-12-35-13-11-29/h6,18H,5,7-15H2,1-4H3,(H,30,31)(H2,27,28,33)/b16-6+. The molecule has 1 fully saturated rings. The summed E-state index contributed by atoms with van der Waals surface area (Å²) in [6, 6.07) is -0.429. The number of esters is 1. The van der Waals surface area contributed by atoms with Crippen LogP contribution in [0, 0.1) is 12.8 Å². The van der Waals surface area contributed by atoms with Crippen molar-refractivity contribution < 1.29 is 33.7 Å². The van der Waals surface area contributed by atoms with Crippen molar-refractivity contribution in [1.82, 2.24) is 10.2 Å². The maximum Gasteiger partial charge on any atom is 0.341 e. The van der Waals surface area contributed by atoms with Crippen molar-refractivity contribution in [1.29, 1.82) is 0 Å². The summed E-state index contributed by atoms with van der Waals surface area (Å²) in [5, 5.41) is 15.3. The minimum atomic E-state index is -0.816. The average Bonchev–Trinajstić information content (AvgIpc) is 3.24. The van der Waals surface area contributed by atoms with E-state index in [2.05, 4.69) is 15.5 Å². The Bertz CT molecular complexity index is 1020. The predicted octanol–water partition coefficient (Wildman–Crippen LogP) is 3.12. The van der Waals surface area contributed by atoms with Gasteiger partial charge in [-0.3, -0.25) is 9.69 Å². The number of anilines is 1. The molecule has 1 saturated heterocycles. The smallest absolute Gasteiger partial charge is 0.341 e. The molecule has 10 nitrogen and oxygen atoms in total. The van der Waals surface area contributed by atoms with Crippen LogP contribution in [0.15, 0.2) is 11.6 Å². The van der Waals surface area contributed by atoms with Crippen LogP contribution in [0.1, 0.15) is 53.7 Å². The zero-order chi connectivity index (χ0) is 26.2. The van der Waals surface area contributed by atoms with Crippen LogP contribution in [0.5, 0.6) is 5.75 Å². The molecule has 1 aromatic rings. The van der Waals surface area contributed by atoms with E-state index in [1.54, 1.807) is 14.0 Å². The Morgan fingerprint density at radius 1 is 1.28 bits per heavy atom. The molecule has 36 heavy (non-hydrogen) atoms. The van der Waals surface area contributed by atoms with E-state index in [1.165, 1.54) is 0 Å². The summed E-state index contributed by atoms with van der Waals surface area (Å²) in [6.07, 6.45) is 3.26. The second-order valence-corrected chi connectivity index (χ2v) is 9.16. The Balaban J connectivity index is 1.84. The lowest BCUT2D eigenvalue weighted by molar-refractivity contribution is -0.142. The van der Waals surface area contributed by atoms with E-state index in [4.69, 9.17) is 14.2 Å². The highest BCUT2D eigenvalue weighted by atomic mass is 16.5. The number of hydrogen-bond donors (Lipinski definition) is 3. The number of amides is 2. The van der Waals surface area contributed by atoms with Gasteiger partial charge in [0.2, 0.25) is 0 Å². The summed E-state index contributed by atoms with van der Waals surface area (Å²) in [5.74, 6) is -1.23. The maximum absolute atomic E-state index is 12.6. The molecule has 0 saturated carbocycles. The zero-order valence-corrected chi connectivity index (χ0v) is 21.6. The first-order chi connectivity index (χ1) is 17.3. The van der Waals surface area contributed by atoms with Crippen LogP contribution in [0.4, 0.5) is 10.5 Å². The number of cyclic esters (lactones) is 1. The Morgan fingerprint density at radius 2 is 2.00 bits per heavy atom. The monoisotopic (exact) mass is 503 g/mol. The molecular formula is C26H37N3O7. The number of ether oxygens (including phenoxy) is 3. The average molecular weight is 504 g/mol. The number of allylic oxidation sites excluding steroid dienone is 2. The van der Waals surface area contributed by atoms with E-state index in [9.17, 15) is 19.5 Å². The van der Waals surface area contributed by atoms with Gasteiger partial charge in [0, 0.05) is 30.8 Å². The molecule has 2 heterocycles. The van der Waals surface area contributed by atoms with Gasteiger partial charge in [0.05, 0.1) is 37.5 Å². The molecule has 0 spiro atoms. The van der Waals surface area contributed by atoms with Crippen LogP contribution < -0.4 is 15.4 Å². The number of carbonyl (C=O) groups excluding carboxylic acids is 2. The fourth-order valence-corrected chi connectivity index (χ4v) is 4.73. The highest BCUT2D eigenvalue weighted by Crippen LogP contribution is 2.41. The fraction of sp³-hybridized carbons (Fsp3) is 0.577. The Morgan fingerprint density at radius 3 is 2.64 bits per heavy atom. The SMILES string of the molecule is CCNC(=O)Nc1c(C/C=C(\C)CC(CCN2CCOCC2)C(=O)O)c(OC)c(C)c2c1C(=O)OC2. The summed E-state index contributed by atoms with van der Waals surface area (Å²) in [4.78, 5) is 39.1. The molecule has 0 bridgehead atoms. The van der Waals surface area contributed by atoms with Gasteiger partial charge in [-0.2, -0.15) is 0 Å². The molecule has 10 heteroatoms. The number of morpholine rings is 1. The quantitative estimate of drug-likeness (QED) is 0.311. The summed E-state index contributed by atoms with van der Waals surface area (Å²) in [5.41, 5.74) is 3.76. The van der Waals surface area contributed by atoms with Gasteiger partial charge < -0.3 is 30.0 Å². The number of aliphatic carboxylic acids is 1. The van der Waals surface area contributed by atoms with Crippen molar-refractivity contribution in [2.75, 3.05) is 51.8 Å². The minimum Gasteiger partial charge on any atom is -0.496 e. The first kappa shape index (κ1) is 27.5. The second kappa shape index (κ2) is 12.7. The molecular weight excluding hydrogens is 466 g/mol. The number of carbonyl (C=O) groups is 3. The number of methoxy groups -OCH3 is 1. The summed E-state index contributed by atoms with van der Waals surface area (Å²) in [6.45, 7) is 9.84. The molecule has 3 rings (SSSR count). The van der Waals surface area contributed by atoms with Crippen molar-refractivity contribution in [3.8, 4) is 5.75 Å². The number of urea groups is 1. The van der Waals surface area contributed by atoms with Gasteiger partial charge in [-0.25, -0.2) is 9.59 Å². The third kappa shape index (κ3) is 6.55. The number of fused-ring (bicyclic) bond motifs is 1. The van der Waals surface area contributed by atoms with Crippen molar-refractivity contribution in [2.24, 2.45) is 5.92 Å². The molecule has 1 atom stereocenters. The number of nitrogens with zero attached hydrogens (tertiary/aromatic N) is 1. The van der Waals surface area contributed by atoms with Gasteiger partial charge in [0.1, 0.15) is 12.4 Å². The van der Waals surface area contributed by atoms with Gasteiger partial charge in [0.25, 0.3) is 0 Å². The van der Waals surface area contributed by atoms with E-state index in [0.717, 1.165) is 24.2 Å². The van der Waals surface area contributed by atoms with Gasteiger partial charge >= 0.3 is 18.0 Å². The largest absolute Gasteiger partial charge is 0.496 e. The minimum absolute atomic E-state index is 0.124. The molecule has 0 aliphatic carbocycles. The fourth-order valence-electron chi connectivity index (χ4n) is 4.73. The third-order valence-corrected chi connectivity index (χ3v) is 6.72. The Hall–Kier alpha value is -3.11. The molecule has 0 aromatic heterocycles. The van der Waals surface area contributed by atoms with E-state index in [0.29, 0.717) is 73.7 Å². The van der Waals surface area contributed by atoms with Crippen molar-refractivity contribution >= 4 is 23.7 Å². The summed E-state index contributed by atoms with van der Waals surface area (Å²) >= 11 is 0. The number of benzene rings is 1. The Kier molecular flexibility index (Phi) is 9.72. The van der Waals surface area contributed by atoms with Crippen LogP contribution in [-0.4, -0.2) is 74.5 Å². The van der Waals surface area contributed by atoms with E-state index >= 15 is 0 Å². The van der Waals surface area contributed by atoms with Crippen LogP contribution in [-0.2, 0) is 27.3 Å². The van der Waals surface area contributed by atoms with E-state index < -0.39 is 23.9 Å². The van der Waals surface area contributed by atoms with Crippen LogP contribution >= 0.6 is 0 Å². The Labute approximate surface area is 212 Å². The molecule has 3 N–H and O–H groups in total. The maximum atomic E-state index is 12.6. The first-order valence-corrected chi connectivity index (χ1v) is 12.4. The molecule has 2 amide bonds. The summed E-state index contributed by atoms with van der Waals surface area (Å²) in [7, 11) is 1.55. The number of hydrogen-bond acceptors (Lipinski definition) is 7. The number of nitrogens with one attached hydrogen (secondary N) is 2. The number of carboxylic acids is 1. The topological polar surface area (TPSA) is 126 Å². The van der Waals surface area contributed by atoms with Crippen molar-refractivity contribution in [2.45, 2.75) is 46.6 Å². The lowest BCUT2D eigenvalue weighted by atomic mass is 9.92. The van der Waals surface area contributed by atoms with Crippen LogP contribution in [0.25, 0.3) is 0 Å². The van der Waals surface area contributed by atoms with Crippen molar-refractivity contribution in [3.63, 3.8) is 0 Å². The van der Waals surface area contributed by atoms with Crippen LogP contribution in [0.3, 0.4) is 0 Å². The summed E-state index contributed by atoms with van der Waals surface area (Å²) < 4.78 is 16.3. The van der Waals surface area contributed by atoms with Gasteiger partial charge in [-0.05, 0) is 52.1 Å².